The third kappa shape index (κ3) is 4.55. The minimum atomic E-state index is 0.324. The van der Waals surface area contributed by atoms with Crippen molar-refractivity contribution >= 4 is 27.3 Å². The van der Waals surface area contributed by atoms with Gasteiger partial charge in [0.2, 0.25) is 0 Å². The van der Waals surface area contributed by atoms with E-state index >= 15 is 0 Å². The molecule has 0 aromatic carbocycles. The molecule has 0 saturated carbocycles. The number of halogens is 1. The van der Waals surface area contributed by atoms with Crippen molar-refractivity contribution < 1.29 is 0 Å². The Morgan fingerprint density at radius 1 is 1.64 bits per heavy atom. The Hall–Kier alpha value is 0.100. The molecule has 1 aromatic heterocycles. The van der Waals surface area contributed by atoms with Crippen LogP contribution in [0.15, 0.2) is 15.9 Å². The zero-order chi connectivity index (χ0) is 10.4. The molecule has 1 rings (SSSR count). The van der Waals surface area contributed by atoms with Gasteiger partial charge in [-0.1, -0.05) is 0 Å². The number of nitrogens with one attached hydrogen (secondary N) is 1. The summed E-state index contributed by atoms with van der Waals surface area (Å²) in [4.78, 5) is 1.37. The molecule has 0 aliphatic carbocycles. The highest BCUT2D eigenvalue weighted by Crippen LogP contribution is 2.21. The molecule has 1 atom stereocenters. The second kappa shape index (κ2) is 6.56. The standard InChI is InChI=1S/C10H17BrN2S/c1-8(12)3-2-5-13-7-10-9(11)4-6-14-10/h4,6,8,13H,2-3,5,7,12H2,1H3. The first-order valence-electron chi connectivity index (χ1n) is 4.88. The van der Waals surface area contributed by atoms with Crippen LogP contribution in [-0.4, -0.2) is 12.6 Å². The van der Waals surface area contributed by atoms with Gasteiger partial charge in [0.15, 0.2) is 0 Å². The topological polar surface area (TPSA) is 38.0 Å². The predicted molar refractivity (Wildman–Crippen MR) is 66.6 cm³/mol. The third-order valence-electron chi connectivity index (χ3n) is 1.99. The van der Waals surface area contributed by atoms with Crippen molar-refractivity contribution in [3.8, 4) is 0 Å². The lowest BCUT2D eigenvalue weighted by Crippen LogP contribution is -2.19. The van der Waals surface area contributed by atoms with Crippen LogP contribution in [0.25, 0.3) is 0 Å². The SMILES string of the molecule is CC(N)CCCNCc1sccc1Br. The minimum Gasteiger partial charge on any atom is -0.328 e. The van der Waals surface area contributed by atoms with Gasteiger partial charge in [-0.15, -0.1) is 11.3 Å². The number of hydrogen-bond donors (Lipinski definition) is 2. The van der Waals surface area contributed by atoms with E-state index in [9.17, 15) is 0 Å². The van der Waals surface area contributed by atoms with Crippen molar-refractivity contribution in [2.75, 3.05) is 6.54 Å². The molecule has 0 spiro atoms. The van der Waals surface area contributed by atoms with Crippen LogP contribution in [0.4, 0.5) is 0 Å². The van der Waals surface area contributed by atoms with Gasteiger partial charge in [0.25, 0.3) is 0 Å². The molecule has 0 aliphatic heterocycles. The summed E-state index contributed by atoms with van der Waals surface area (Å²) in [6, 6.07) is 2.41. The van der Waals surface area contributed by atoms with Gasteiger partial charge >= 0.3 is 0 Å². The van der Waals surface area contributed by atoms with E-state index in [1.807, 2.05) is 0 Å². The van der Waals surface area contributed by atoms with Crippen LogP contribution >= 0.6 is 27.3 Å². The van der Waals surface area contributed by atoms with Gasteiger partial charge in [0.05, 0.1) is 0 Å². The molecule has 2 nitrogen and oxygen atoms in total. The average molecular weight is 277 g/mol. The van der Waals surface area contributed by atoms with Crippen molar-refractivity contribution in [1.82, 2.24) is 5.32 Å². The number of nitrogens with two attached hydrogens (primary N) is 1. The van der Waals surface area contributed by atoms with Crippen molar-refractivity contribution in [2.24, 2.45) is 5.73 Å². The van der Waals surface area contributed by atoms with Crippen molar-refractivity contribution in [3.63, 3.8) is 0 Å². The van der Waals surface area contributed by atoms with Gasteiger partial charge in [-0.05, 0) is 53.7 Å². The first-order valence-corrected chi connectivity index (χ1v) is 6.55. The van der Waals surface area contributed by atoms with Crippen LogP contribution in [0.2, 0.25) is 0 Å². The van der Waals surface area contributed by atoms with Crippen LogP contribution < -0.4 is 11.1 Å². The van der Waals surface area contributed by atoms with Crippen molar-refractivity contribution in [2.45, 2.75) is 32.4 Å². The minimum absolute atomic E-state index is 0.324. The molecule has 1 unspecified atom stereocenters. The fraction of sp³-hybridized carbons (Fsp3) is 0.600. The van der Waals surface area contributed by atoms with Gasteiger partial charge in [-0.3, -0.25) is 0 Å². The van der Waals surface area contributed by atoms with Crippen LogP contribution in [0.3, 0.4) is 0 Å². The first kappa shape index (κ1) is 12.2. The fourth-order valence-corrected chi connectivity index (χ4v) is 2.66. The lowest BCUT2D eigenvalue weighted by atomic mass is 10.2. The van der Waals surface area contributed by atoms with Gasteiger partial charge < -0.3 is 11.1 Å². The molecule has 1 aromatic rings. The van der Waals surface area contributed by atoms with Crippen LogP contribution in [0.1, 0.15) is 24.6 Å². The Bertz CT molecular complexity index is 260. The molecular weight excluding hydrogens is 260 g/mol. The zero-order valence-corrected chi connectivity index (χ0v) is 10.8. The third-order valence-corrected chi connectivity index (χ3v) is 3.92. The zero-order valence-electron chi connectivity index (χ0n) is 8.42. The summed E-state index contributed by atoms with van der Waals surface area (Å²) in [5.41, 5.74) is 5.66. The smallest absolute Gasteiger partial charge is 0.0327 e. The maximum absolute atomic E-state index is 5.66. The van der Waals surface area contributed by atoms with Gasteiger partial charge in [-0.2, -0.15) is 0 Å². The monoisotopic (exact) mass is 276 g/mol. The summed E-state index contributed by atoms with van der Waals surface area (Å²) in [7, 11) is 0. The molecule has 14 heavy (non-hydrogen) atoms. The number of thiophene rings is 1. The number of hydrogen-bond acceptors (Lipinski definition) is 3. The second-order valence-electron chi connectivity index (χ2n) is 3.49. The molecule has 80 valence electrons. The molecule has 0 amide bonds. The van der Waals surface area contributed by atoms with E-state index in [1.54, 1.807) is 11.3 Å². The highest BCUT2D eigenvalue weighted by molar-refractivity contribution is 9.10. The first-order chi connectivity index (χ1) is 6.70. The Labute approximate surface area is 98.0 Å². The molecule has 0 fully saturated rings. The lowest BCUT2D eigenvalue weighted by Gasteiger charge is -2.05. The molecule has 0 bridgehead atoms. The summed E-state index contributed by atoms with van der Waals surface area (Å²) in [5.74, 6) is 0. The van der Waals surface area contributed by atoms with E-state index in [0.29, 0.717) is 6.04 Å². The van der Waals surface area contributed by atoms with E-state index in [0.717, 1.165) is 25.9 Å². The summed E-state index contributed by atoms with van der Waals surface area (Å²) in [6.45, 7) is 4.05. The Morgan fingerprint density at radius 2 is 2.43 bits per heavy atom. The van der Waals surface area contributed by atoms with E-state index in [4.69, 9.17) is 5.73 Å². The predicted octanol–water partition coefficient (Wildman–Crippen LogP) is 2.73. The van der Waals surface area contributed by atoms with Gasteiger partial charge in [0, 0.05) is 21.9 Å². The van der Waals surface area contributed by atoms with Crippen molar-refractivity contribution in [1.29, 1.82) is 0 Å². The summed E-state index contributed by atoms with van der Waals surface area (Å²) in [5, 5.41) is 5.51. The molecule has 4 heteroatoms. The van der Waals surface area contributed by atoms with Crippen LogP contribution in [0, 0.1) is 0 Å². The van der Waals surface area contributed by atoms with Gasteiger partial charge in [-0.25, -0.2) is 0 Å². The van der Waals surface area contributed by atoms with E-state index in [-0.39, 0.29) is 0 Å². The Kier molecular flexibility index (Phi) is 5.70. The lowest BCUT2D eigenvalue weighted by molar-refractivity contribution is 0.576. The van der Waals surface area contributed by atoms with E-state index in [2.05, 4.69) is 39.6 Å². The van der Waals surface area contributed by atoms with E-state index < -0.39 is 0 Å². The summed E-state index contributed by atoms with van der Waals surface area (Å²) >= 11 is 5.29. The molecule has 0 radical (unpaired) electrons. The summed E-state index contributed by atoms with van der Waals surface area (Å²) in [6.07, 6.45) is 2.25. The van der Waals surface area contributed by atoms with Gasteiger partial charge in [0.1, 0.15) is 0 Å². The largest absolute Gasteiger partial charge is 0.328 e. The molecule has 0 saturated heterocycles. The Balaban J connectivity index is 2.08. The highest BCUT2D eigenvalue weighted by atomic mass is 79.9. The molecular formula is C10H17BrN2S. The second-order valence-corrected chi connectivity index (χ2v) is 5.34. The number of rotatable bonds is 6. The Morgan fingerprint density at radius 3 is 3.00 bits per heavy atom. The molecule has 0 aliphatic rings. The maximum Gasteiger partial charge on any atom is 0.0327 e. The fourth-order valence-electron chi connectivity index (χ4n) is 1.20. The highest BCUT2D eigenvalue weighted by Gasteiger charge is 2.00. The van der Waals surface area contributed by atoms with Crippen LogP contribution in [0.5, 0.6) is 0 Å². The average Bonchev–Trinajstić information content (AvgIpc) is 2.51. The van der Waals surface area contributed by atoms with Crippen molar-refractivity contribution in [3.05, 3.63) is 20.8 Å². The van der Waals surface area contributed by atoms with Crippen LogP contribution in [-0.2, 0) is 6.54 Å². The molecule has 1 heterocycles. The molecule has 3 N–H and O–H groups in total. The summed E-state index contributed by atoms with van der Waals surface area (Å²) < 4.78 is 1.21. The quantitative estimate of drug-likeness (QED) is 0.785. The van der Waals surface area contributed by atoms with E-state index in [1.165, 1.54) is 9.35 Å². The normalized spacial score (nSPS) is 13.1. The maximum atomic E-state index is 5.66.